The standard InChI is InChI=1S/C19H30N4O3/c1-2-26-18-15(8-6-12-20-18)14-22-17(24)11-7-13-21-19(25)23-16-9-4-3-5-10-16/h6,8,12,16H,2-5,7,9-11,13-14H2,1H3,(H,22,24)(H2,21,23,25). The molecular formula is C19H30N4O3. The predicted octanol–water partition coefficient (Wildman–Crippen LogP) is 2.51. The molecule has 3 N–H and O–H groups in total. The number of hydrogen-bond donors (Lipinski definition) is 3. The molecule has 0 saturated heterocycles. The number of ether oxygens (including phenoxy) is 1. The van der Waals surface area contributed by atoms with Gasteiger partial charge in [0.05, 0.1) is 6.61 Å². The van der Waals surface area contributed by atoms with Crippen molar-refractivity contribution in [2.75, 3.05) is 13.2 Å². The molecule has 1 fully saturated rings. The average Bonchev–Trinajstić information content (AvgIpc) is 2.65. The number of urea groups is 1. The third kappa shape index (κ3) is 7.29. The van der Waals surface area contributed by atoms with Gasteiger partial charge in [-0.25, -0.2) is 9.78 Å². The summed E-state index contributed by atoms with van der Waals surface area (Å²) >= 11 is 0. The molecule has 0 spiro atoms. The van der Waals surface area contributed by atoms with Gasteiger partial charge in [0, 0.05) is 37.3 Å². The van der Waals surface area contributed by atoms with Crippen molar-refractivity contribution in [2.24, 2.45) is 0 Å². The van der Waals surface area contributed by atoms with E-state index in [0.29, 0.717) is 44.5 Å². The van der Waals surface area contributed by atoms with Crippen LogP contribution in [0.5, 0.6) is 5.88 Å². The van der Waals surface area contributed by atoms with Crippen LogP contribution in [0.2, 0.25) is 0 Å². The third-order valence-corrected chi connectivity index (χ3v) is 4.41. The minimum Gasteiger partial charge on any atom is -0.478 e. The van der Waals surface area contributed by atoms with Crippen molar-refractivity contribution in [1.82, 2.24) is 20.9 Å². The molecule has 2 rings (SSSR count). The Morgan fingerprint density at radius 3 is 2.81 bits per heavy atom. The van der Waals surface area contributed by atoms with E-state index in [1.54, 1.807) is 6.20 Å². The number of rotatable bonds is 9. The molecule has 26 heavy (non-hydrogen) atoms. The zero-order chi connectivity index (χ0) is 18.6. The Bertz CT molecular complexity index is 574. The molecule has 144 valence electrons. The van der Waals surface area contributed by atoms with Gasteiger partial charge >= 0.3 is 6.03 Å². The second-order valence-electron chi connectivity index (χ2n) is 6.52. The molecule has 7 nitrogen and oxygen atoms in total. The summed E-state index contributed by atoms with van der Waals surface area (Å²) in [7, 11) is 0. The number of nitrogens with one attached hydrogen (secondary N) is 3. The van der Waals surface area contributed by atoms with Crippen LogP contribution < -0.4 is 20.7 Å². The first-order valence-electron chi connectivity index (χ1n) is 9.56. The first-order valence-corrected chi connectivity index (χ1v) is 9.56. The van der Waals surface area contributed by atoms with Crippen LogP contribution in [0.15, 0.2) is 18.3 Å². The summed E-state index contributed by atoms with van der Waals surface area (Å²) in [5, 5.41) is 8.69. The summed E-state index contributed by atoms with van der Waals surface area (Å²) in [4.78, 5) is 27.9. The first-order chi connectivity index (χ1) is 12.7. The van der Waals surface area contributed by atoms with E-state index in [4.69, 9.17) is 4.74 Å². The number of aromatic nitrogens is 1. The van der Waals surface area contributed by atoms with Crippen LogP contribution in [0, 0.1) is 0 Å². The highest BCUT2D eigenvalue weighted by molar-refractivity contribution is 5.76. The molecule has 0 aromatic carbocycles. The largest absolute Gasteiger partial charge is 0.478 e. The monoisotopic (exact) mass is 362 g/mol. The lowest BCUT2D eigenvalue weighted by Gasteiger charge is -2.22. The van der Waals surface area contributed by atoms with E-state index in [9.17, 15) is 9.59 Å². The van der Waals surface area contributed by atoms with E-state index in [0.717, 1.165) is 18.4 Å². The molecule has 1 aromatic heterocycles. The van der Waals surface area contributed by atoms with Gasteiger partial charge in [-0.1, -0.05) is 25.3 Å². The predicted molar refractivity (Wildman–Crippen MR) is 99.9 cm³/mol. The van der Waals surface area contributed by atoms with Crippen LogP contribution in [-0.4, -0.2) is 36.1 Å². The molecule has 0 atom stereocenters. The second kappa shape index (κ2) is 11.3. The lowest BCUT2D eigenvalue weighted by atomic mass is 9.96. The molecular weight excluding hydrogens is 332 g/mol. The Hall–Kier alpha value is -2.31. The lowest BCUT2D eigenvalue weighted by Crippen LogP contribution is -2.43. The molecule has 0 bridgehead atoms. The van der Waals surface area contributed by atoms with Crippen LogP contribution in [-0.2, 0) is 11.3 Å². The fourth-order valence-electron chi connectivity index (χ4n) is 3.04. The Labute approximate surface area is 155 Å². The first kappa shape index (κ1) is 20.0. The molecule has 1 aliphatic carbocycles. The minimum atomic E-state index is -0.131. The van der Waals surface area contributed by atoms with Crippen LogP contribution >= 0.6 is 0 Å². The van der Waals surface area contributed by atoms with E-state index >= 15 is 0 Å². The number of pyridine rings is 1. The van der Waals surface area contributed by atoms with E-state index < -0.39 is 0 Å². The maximum absolute atomic E-state index is 11.9. The van der Waals surface area contributed by atoms with Crippen molar-refractivity contribution >= 4 is 11.9 Å². The fraction of sp³-hybridized carbons (Fsp3) is 0.632. The van der Waals surface area contributed by atoms with Crippen LogP contribution in [0.4, 0.5) is 4.79 Å². The molecule has 0 aliphatic heterocycles. The maximum atomic E-state index is 11.9. The quantitative estimate of drug-likeness (QED) is 0.589. The van der Waals surface area contributed by atoms with E-state index in [-0.39, 0.29) is 11.9 Å². The molecule has 1 aliphatic rings. The van der Waals surface area contributed by atoms with Gasteiger partial charge in [-0.15, -0.1) is 0 Å². The normalized spacial score (nSPS) is 14.5. The summed E-state index contributed by atoms with van der Waals surface area (Å²) in [6.45, 7) is 3.31. The number of amides is 3. The Morgan fingerprint density at radius 2 is 2.04 bits per heavy atom. The van der Waals surface area contributed by atoms with Crippen molar-refractivity contribution in [3.8, 4) is 5.88 Å². The zero-order valence-electron chi connectivity index (χ0n) is 15.6. The molecule has 1 heterocycles. The topological polar surface area (TPSA) is 92.3 Å². The van der Waals surface area contributed by atoms with Crippen LogP contribution in [0.25, 0.3) is 0 Å². The van der Waals surface area contributed by atoms with Gasteiger partial charge in [0.1, 0.15) is 0 Å². The number of nitrogens with zero attached hydrogens (tertiary/aromatic N) is 1. The third-order valence-electron chi connectivity index (χ3n) is 4.41. The Balaban J connectivity index is 1.58. The zero-order valence-corrected chi connectivity index (χ0v) is 15.6. The van der Waals surface area contributed by atoms with Crippen molar-refractivity contribution in [2.45, 2.75) is 64.5 Å². The van der Waals surface area contributed by atoms with Crippen LogP contribution in [0.1, 0.15) is 57.4 Å². The van der Waals surface area contributed by atoms with E-state index in [2.05, 4.69) is 20.9 Å². The van der Waals surface area contributed by atoms with Gasteiger partial charge in [-0.05, 0) is 32.3 Å². The van der Waals surface area contributed by atoms with Gasteiger partial charge < -0.3 is 20.7 Å². The van der Waals surface area contributed by atoms with Gasteiger partial charge in [0.15, 0.2) is 0 Å². The van der Waals surface area contributed by atoms with Gasteiger partial charge in [0.2, 0.25) is 11.8 Å². The molecule has 0 radical (unpaired) electrons. The highest BCUT2D eigenvalue weighted by Crippen LogP contribution is 2.17. The summed E-state index contributed by atoms with van der Waals surface area (Å²) in [6.07, 6.45) is 8.41. The van der Waals surface area contributed by atoms with Crippen molar-refractivity contribution in [1.29, 1.82) is 0 Å². The van der Waals surface area contributed by atoms with E-state index in [1.807, 2.05) is 19.1 Å². The number of carbonyl (C=O) groups excluding carboxylic acids is 2. The summed E-state index contributed by atoms with van der Waals surface area (Å²) in [5.41, 5.74) is 0.854. The maximum Gasteiger partial charge on any atom is 0.315 e. The van der Waals surface area contributed by atoms with Crippen molar-refractivity contribution in [3.63, 3.8) is 0 Å². The minimum absolute atomic E-state index is 0.0502. The average molecular weight is 362 g/mol. The van der Waals surface area contributed by atoms with Gasteiger partial charge in [0.25, 0.3) is 0 Å². The molecule has 3 amide bonds. The van der Waals surface area contributed by atoms with Crippen molar-refractivity contribution < 1.29 is 14.3 Å². The number of hydrogen-bond acceptors (Lipinski definition) is 4. The Kier molecular flexibility index (Phi) is 8.72. The smallest absolute Gasteiger partial charge is 0.315 e. The summed E-state index contributed by atoms with van der Waals surface area (Å²) in [5.74, 6) is 0.502. The SMILES string of the molecule is CCOc1ncccc1CNC(=O)CCCNC(=O)NC1CCCCC1. The van der Waals surface area contributed by atoms with Gasteiger partial charge in [-0.2, -0.15) is 0 Å². The summed E-state index contributed by atoms with van der Waals surface area (Å²) < 4.78 is 5.44. The molecule has 1 aromatic rings. The van der Waals surface area contributed by atoms with Gasteiger partial charge in [-0.3, -0.25) is 4.79 Å². The number of carbonyl (C=O) groups is 2. The Morgan fingerprint density at radius 1 is 1.23 bits per heavy atom. The molecule has 1 saturated carbocycles. The van der Waals surface area contributed by atoms with Crippen molar-refractivity contribution in [3.05, 3.63) is 23.9 Å². The highest BCUT2D eigenvalue weighted by Gasteiger charge is 2.15. The fourth-order valence-corrected chi connectivity index (χ4v) is 3.04. The molecule has 0 unspecified atom stereocenters. The van der Waals surface area contributed by atoms with E-state index in [1.165, 1.54) is 19.3 Å². The molecule has 7 heteroatoms. The second-order valence-corrected chi connectivity index (χ2v) is 6.52. The summed E-state index contributed by atoms with van der Waals surface area (Å²) in [6, 6.07) is 3.87. The lowest BCUT2D eigenvalue weighted by molar-refractivity contribution is -0.121. The van der Waals surface area contributed by atoms with Crippen LogP contribution in [0.3, 0.4) is 0 Å². The highest BCUT2D eigenvalue weighted by atomic mass is 16.5.